The maximum atomic E-state index is 14.6. The number of hydrogen-bond donors (Lipinski definition) is 5. The molecule has 6 aromatic carbocycles. The molecule has 1 amide bonds. The minimum Gasteiger partial charge on any atom is -0.489 e. The number of β-amino-alcohol motifs (C(OH)–C–C–N with tert-alkyl or cyclic N) is 3. The summed E-state index contributed by atoms with van der Waals surface area (Å²) in [7, 11) is 1.45. The first-order chi connectivity index (χ1) is 59.8. The molecule has 0 radical (unpaired) electrons. The van der Waals surface area contributed by atoms with Crippen molar-refractivity contribution in [3.63, 3.8) is 0 Å². The first-order valence-electron chi connectivity index (χ1n) is 38.6. The highest BCUT2D eigenvalue weighted by molar-refractivity contribution is 6.38. The molecule has 6 fully saturated rings. The molecule has 3 aliphatic carbocycles. The highest BCUT2D eigenvalue weighted by Crippen LogP contribution is 2.50. The van der Waals surface area contributed by atoms with E-state index in [1.165, 1.54) is 86.3 Å². The molecule has 12 aromatic rings. The number of rotatable bonds is 23. The summed E-state index contributed by atoms with van der Waals surface area (Å²) in [6, 6.07) is 31.6. The highest BCUT2D eigenvalue weighted by atomic mass is 35.5. The normalized spacial score (nSPS) is 15.4. The lowest BCUT2D eigenvalue weighted by Gasteiger charge is -2.47. The predicted molar refractivity (Wildman–Crippen MR) is 453 cm³/mol. The third-order valence-corrected chi connectivity index (χ3v) is 23.5. The van der Waals surface area contributed by atoms with E-state index < -0.39 is 51.9 Å². The number of carboxylic acid groups (broad SMARTS) is 1. The molecule has 0 bridgehead atoms. The molecule has 126 heavy (non-hydrogen) atoms. The number of aliphatic hydroxyl groups is 3. The number of nitrogens with zero attached hydrogens (tertiary/aromatic N) is 10. The Kier molecular flexibility index (Phi) is 28.1. The standard InChI is InChI=1S/C30H26Cl2F2N4O4.C29H25ClFN3O5.C27H21Cl3F2N4O2.2CO2.CH4/c1-15-7-18(33)9-23(32)25(15)26-20(27(42-37-26)16-3-4-16)12-41-19-5-6-21(22(31)10-19)30(40)13-38(14-30)28-24(34)8-17(11-36-28)29(39)35-2;1-16-10-19(31)4-6-21(16)26-22(27(39-33-26)17-2-3-17)13-38-20-5-7-23(24(30)12-20)29(37)14-34(15-29)25-11-18(28(35)36)8-9-32-25;28-20-10-17(5-6-19(20)27(37)13-35(14-27)26-23(32)2-1-7-33-26)38-12-24-18(15-3-4-15)11-34-36(24)25-21(29)8-16(31)9-22(25)30;2*2-1-3;/h5-11,16,40H,3-4,12-14H2,1-2H3,(H,35,39);4-12,17,37H,2-3,13-15H2,1H3,(H,35,36);1-2,5-11,15,37H,3-4,12-14H2;;;1H4. The van der Waals surface area contributed by atoms with Gasteiger partial charge in [0.15, 0.2) is 23.3 Å². The minimum atomic E-state index is -1.33. The Morgan fingerprint density at radius 3 is 1.47 bits per heavy atom. The van der Waals surface area contributed by atoms with E-state index in [1.54, 1.807) is 93.2 Å². The van der Waals surface area contributed by atoms with Crippen molar-refractivity contribution in [3.8, 4) is 45.5 Å². The van der Waals surface area contributed by atoms with Crippen molar-refractivity contribution >= 4 is 111 Å². The molecule has 3 saturated carbocycles. The molecule has 26 nitrogen and oxygen atoms in total. The number of carboxylic acids is 1. The monoisotopic (exact) mass is 1840 g/mol. The van der Waals surface area contributed by atoms with Crippen molar-refractivity contribution in [1.29, 1.82) is 0 Å². The quantitative estimate of drug-likeness (QED) is 0.0371. The van der Waals surface area contributed by atoms with Gasteiger partial charge in [0.25, 0.3) is 5.91 Å². The molecule has 3 aliphatic heterocycles. The number of nitrogens with one attached hydrogen (secondary N) is 1. The maximum Gasteiger partial charge on any atom is 0.373 e. The minimum absolute atomic E-state index is 0. The number of ether oxygens (including phenoxy) is 3. The molecule has 654 valence electrons. The van der Waals surface area contributed by atoms with Crippen LogP contribution in [0.4, 0.5) is 39.4 Å². The third-order valence-electron chi connectivity index (χ3n) is 21.7. The van der Waals surface area contributed by atoms with Crippen LogP contribution in [0.15, 0.2) is 161 Å². The van der Waals surface area contributed by atoms with Gasteiger partial charge in [0, 0.05) is 70.9 Å². The van der Waals surface area contributed by atoms with Crippen LogP contribution < -0.4 is 34.2 Å². The van der Waals surface area contributed by atoms with Crippen molar-refractivity contribution in [2.24, 2.45) is 0 Å². The Bertz CT molecular complexity index is 6120. The topological polar surface area (TPSA) is 341 Å². The van der Waals surface area contributed by atoms with Gasteiger partial charge in [0.05, 0.1) is 104 Å². The number of aromatic nitrogens is 7. The molecule has 9 heterocycles. The van der Waals surface area contributed by atoms with Crippen molar-refractivity contribution in [2.75, 3.05) is 61.0 Å². The lowest BCUT2D eigenvalue weighted by molar-refractivity contribution is -0.193. The Balaban J connectivity index is 0.000000156. The molecule has 0 unspecified atom stereocenters. The summed E-state index contributed by atoms with van der Waals surface area (Å²) >= 11 is 38.8. The number of carbonyl (C=O) groups excluding carboxylic acids is 5. The fourth-order valence-corrected chi connectivity index (χ4v) is 17.1. The van der Waals surface area contributed by atoms with E-state index in [1.807, 2.05) is 6.92 Å². The van der Waals surface area contributed by atoms with Gasteiger partial charge in [-0.3, -0.25) is 4.79 Å². The molecule has 3 saturated heterocycles. The highest BCUT2D eigenvalue weighted by Gasteiger charge is 2.49. The van der Waals surface area contributed by atoms with Crippen LogP contribution in [0.3, 0.4) is 0 Å². The fraction of sp³-hybridized carbons (Fsp3) is 0.281. The smallest absolute Gasteiger partial charge is 0.373 e. The van der Waals surface area contributed by atoms with Gasteiger partial charge in [0.2, 0.25) is 0 Å². The molecule has 5 N–H and O–H groups in total. The molecule has 6 aliphatic rings. The number of anilines is 3. The number of aryl methyl sites for hydroxylation is 2. The molecular weight excluding hydrogens is 1770 g/mol. The van der Waals surface area contributed by atoms with E-state index in [0.717, 1.165) is 89.6 Å². The first kappa shape index (κ1) is 91.9. The van der Waals surface area contributed by atoms with Gasteiger partial charge in [-0.1, -0.05) is 106 Å². The summed E-state index contributed by atoms with van der Waals surface area (Å²) in [5.41, 5.74) is 5.63. The Hall–Kier alpha value is -11.8. The van der Waals surface area contributed by atoms with Crippen LogP contribution in [0.5, 0.6) is 17.2 Å². The fourth-order valence-electron chi connectivity index (χ4n) is 15.1. The Morgan fingerprint density at radius 2 is 0.992 bits per heavy atom. The summed E-state index contributed by atoms with van der Waals surface area (Å²) in [5.74, 6) is 0.721. The first-order valence-corrected chi connectivity index (χ1v) is 40.9. The second-order valence-corrected chi connectivity index (χ2v) is 33.0. The summed E-state index contributed by atoms with van der Waals surface area (Å²) in [6.07, 6.45) is 12.6. The van der Waals surface area contributed by atoms with Gasteiger partial charge in [-0.2, -0.15) is 24.3 Å². The van der Waals surface area contributed by atoms with Crippen LogP contribution in [0.1, 0.15) is 146 Å². The molecular formula is C89H76Cl6F5N11O15. The van der Waals surface area contributed by atoms with Gasteiger partial charge in [0.1, 0.15) is 106 Å². The predicted octanol–water partition coefficient (Wildman–Crippen LogP) is 18.0. The lowest BCUT2D eigenvalue weighted by atomic mass is 9.86. The zero-order chi connectivity index (χ0) is 89.1. The Morgan fingerprint density at radius 1 is 0.516 bits per heavy atom. The van der Waals surface area contributed by atoms with Crippen molar-refractivity contribution in [1.82, 2.24) is 40.4 Å². The van der Waals surface area contributed by atoms with Crippen LogP contribution >= 0.6 is 69.6 Å². The molecule has 18 rings (SSSR count). The summed E-state index contributed by atoms with van der Waals surface area (Å²) in [5, 5.41) is 59.7. The van der Waals surface area contributed by atoms with Gasteiger partial charge >= 0.3 is 18.3 Å². The second kappa shape index (κ2) is 38.6. The van der Waals surface area contributed by atoms with E-state index in [4.69, 9.17) is 112 Å². The van der Waals surface area contributed by atoms with Crippen LogP contribution in [-0.2, 0) is 55.8 Å². The lowest BCUT2D eigenvalue weighted by Crippen LogP contribution is -2.60. The molecule has 37 heteroatoms. The maximum absolute atomic E-state index is 14.6. The van der Waals surface area contributed by atoms with E-state index in [0.29, 0.717) is 89.8 Å². The van der Waals surface area contributed by atoms with Gasteiger partial charge in [-0.15, -0.1) is 0 Å². The van der Waals surface area contributed by atoms with Crippen LogP contribution in [0, 0.1) is 42.9 Å². The summed E-state index contributed by atoms with van der Waals surface area (Å²) in [4.78, 5) is 72.9. The van der Waals surface area contributed by atoms with Crippen LogP contribution in [-0.4, -0.2) is 126 Å². The summed E-state index contributed by atoms with van der Waals surface area (Å²) < 4.78 is 101. The average Bonchev–Trinajstić information content (AvgIpc) is 1.19. The number of amides is 1. The number of carbonyl (C=O) groups is 2. The SMILES string of the molecule is C.CNC(=O)c1cnc(N2CC(O)(c3ccc(OCc4c(-c5c(C)cc(F)cc5Cl)noc4C4CC4)cc3Cl)C2)c(F)c1.Cc1cc(F)ccc1-c1noc(C2CC2)c1COc1ccc(C2(O)CN(c3cc(C(=O)O)ccn3)C2)c(Cl)c1.O=C=O.O=C=O.OC1(c2ccc(OCc3c(C4CC4)cnn3-c3c(Cl)cc(F)cc3Cl)cc2Cl)CN(c2ncccc2F)C1. The average molecular weight is 1850 g/mol. The summed E-state index contributed by atoms with van der Waals surface area (Å²) in [6.45, 7) is 4.91. The van der Waals surface area contributed by atoms with Crippen molar-refractivity contribution < 1.29 is 94.4 Å². The molecule has 6 aromatic heterocycles. The number of aromatic carboxylic acids is 1. The van der Waals surface area contributed by atoms with Gasteiger partial charge in [-0.25, -0.2) is 46.4 Å². The molecule has 0 atom stereocenters. The third kappa shape index (κ3) is 20.0. The molecule has 0 spiro atoms. The van der Waals surface area contributed by atoms with Gasteiger partial charge in [-0.05, 0) is 179 Å². The largest absolute Gasteiger partial charge is 0.489 e. The Labute approximate surface area is 746 Å². The zero-order valence-corrected chi connectivity index (χ0v) is 70.7. The zero-order valence-electron chi connectivity index (χ0n) is 66.2. The van der Waals surface area contributed by atoms with E-state index >= 15 is 0 Å². The number of pyridine rings is 3. The van der Waals surface area contributed by atoms with E-state index in [9.17, 15) is 52.0 Å². The number of halogens is 11. The number of hydrogen-bond acceptors (Lipinski definition) is 23. The van der Waals surface area contributed by atoms with Crippen molar-refractivity contribution in [2.45, 2.75) is 114 Å². The number of benzene rings is 6. The van der Waals surface area contributed by atoms with Crippen molar-refractivity contribution in [3.05, 3.63) is 284 Å². The second-order valence-electron chi connectivity index (χ2n) is 30.5. The van der Waals surface area contributed by atoms with Crippen LogP contribution in [0.25, 0.3) is 28.2 Å². The van der Waals surface area contributed by atoms with E-state index in [-0.39, 0.29) is 133 Å². The van der Waals surface area contributed by atoms with Gasteiger partial charge < -0.3 is 63.7 Å². The van der Waals surface area contributed by atoms with E-state index in [2.05, 4.69) is 35.7 Å². The van der Waals surface area contributed by atoms with Crippen LogP contribution in [0.2, 0.25) is 30.1 Å².